The summed E-state index contributed by atoms with van der Waals surface area (Å²) in [6.45, 7) is 0. The number of methoxy groups -OCH3 is 1. The number of ether oxygens (including phenoxy) is 1. The lowest BCUT2D eigenvalue weighted by atomic mass is 10.1. The van der Waals surface area contributed by atoms with Crippen LogP contribution >= 0.6 is 0 Å². The third-order valence-corrected chi connectivity index (χ3v) is 5.25. The Hall–Kier alpha value is -1.23. The molecule has 5 heteroatoms. The minimum absolute atomic E-state index is 0.0853. The maximum atomic E-state index is 13.7. The van der Waals surface area contributed by atoms with Crippen molar-refractivity contribution in [3.63, 3.8) is 0 Å². The molecule has 1 atom stereocenters. The van der Waals surface area contributed by atoms with Crippen molar-refractivity contribution in [3.8, 4) is 0 Å². The molecule has 0 spiro atoms. The average Bonchev–Trinajstić information content (AvgIpc) is 2.92. The van der Waals surface area contributed by atoms with Crippen LogP contribution in [0.5, 0.6) is 0 Å². The molecule has 104 valence electrons. The fourth-order valence-corrected chi connectivity index (χ4v) is 3.96. The van der Waals surface area contributed by atoms with E-state index in [-0.39, 0.29) is 10.8 Å². The van der Waals surface area contributed by atoms with Crippen molar-refractivity contribution in [2.75, 3.05) is 7.11 Å². The van der Waals surface area contributed by atoms with E-state index in [0.29, 0.717) is 11.3 Å². The second-order valence-electron chi connectivity index (χ2n) is 4.74. The summed E-state index contributed by atoms with van der Waals surface area (Å²) in [7, 11) is 0.257. The van der Waals surface area contributed by atoms with Gasteiger partial charge in [-0.2, -0.15) is 0 Å². The lowest BCUT2D eigenvalue weighted by Gasteiger charge is -2.10. The van der Waals surface area contributed by atoms with Crippen molar-refractivity contribution in [1.82, 2.24) is 0 Å². The van der Waals surface area contributed by atoms with Crippen LogP contribution in [-0.2, 0) is 21.3 Å². The summed E-state index contributed by atoms with van der Waals surface area (Å²) in [5.74, 6) is -0.961. The summed E-state index contributed by atoms with van der Waals surface area (Å²) in [5.41, 5.74) is 0.577. The third kappa shape index (κ3) is 3.41. The summed E-state index contributed by atoms with van der Waals surface area (Å²) in [6, 6.07) is 4.31. The van der Waals surface area contributed by atoms with E-state index in [1.807, 2.05) is 0 Å². The first-order valence-electron chi connectivity index (χ1n) is 6.35. The number of benzene rings is 1. The van der Waals surface area contributed by atoms with Gasteiger partial charge in [-0.3, -0.25) is 4.21 Å². The van der Waals surface area contributed by atoms with Gasteiger partial charge in [-0.15, -0.1) is 0 Å². The summed E-state index contributed by atoms with van der Waals surface area (Å²) in [5, 5.41) is 0.239. The Labute approximate surface area is 114 Å². The monoisotopic (exact) mass is 284 g/mol. The highest BCUT2D eigenvalue weighted by Crippen LogP contribution is 2.25. The number of hydrogen-bond acceptors (Lipinski definition) is 3. The van der Waals surface area contributed by atoms with Gasteiger partial charge in [0.2, 0.25) is 0 Å². The van der Waals surface area contributed by atoms with Crippen LogP contribution < -0.4 is 0 Å². The molecule has 0 N–H and O–H groups in total. The Morgan fingerprint density at radius 3 is 2.68 bits per heavy atom. The number of carbonyl (C=O) groups excluding carboxylic acids is 1. The van der Waals surface area contributed by atoms with E-state index in [9.17, 15) is 13.4 Å². The van der Waals surface area contributed by atoms with Crippen molar-refractivity contribution >= 4 is 16.8 Å². The normalized spacial score (nSPS) is 17.4. The molecule has 0 saturated heterocycles. The summed E-state index contributed by atoms with van der Waals surface area (Å²) >= 11 is 0. The molecular formula is C14H17FO3S. The molecule has 0 aromatic heterocycles. The van der Waals surface area contributed by atoms with E-state index in [4.69, 9.17) is 0 Å². The van der Waals surface area contributed by atoms with E-state index in [2.05, 4.69) is 4.74 Å². The van der Waals surface area contributed by atoms with E-state index < -0.39 is 22.6 Å². The Morgan fingerprint density at radius 1 is 1.42 bits per heavy atom. The highest BCUT2D eigenvalue weighted by molar-refractivity contribution is 7.84. The second-order valence-corrected chi connectivity index (χ2v) is 6.45. The zero-order valence-electron chi connectivity index (χ0n) is 10.9. The maximum Gasteiger partial charge on any atom is 0.340 e. The van der Waals surface area contributed by atoms with Gasteiger partial charge in [0.1, 0.15) is 5.82 Å². The van der Waals surface area contributed by atoms with E-state index in [1.54, 1.807) is 6.07 Å². The van der Waals surface area contributed by atoms with Gasteiger partial charge in [0.25, 0.3) is 0 Å². The zero-order chi connectivity index (χ0) is 13.8. The molecule has 0 radical (unpaired) electrons. The number of carbonyl (C=O) groups is 1. The van der Waals surface area contributed by atoms with Gasteiger partial charge in [0, 0.05) is 21.8 Å². The minimum atomic E-state index is -0.957. The molecule has 0 heterocycles. The molecule has 0 amide bonds. The molecule has 0 aliphatic heterocycles. The van der Waals surface area contributed by atoms with E-state index in [0.717, 1.165) is 25.7 Å². The second kappa shape index (κ2) is 6.28. The quantitative estimate of drug-likeness (QED) is 0.799. The van der Waals surface area contributed by atoms with E-state index in [1.165, 1.54) is 19.2 Å². The summed E-state index contributed by atoms with van der Waals surface area (Å²) in [4.78, 5) is 11.3. The number of halogens is 1. The van der Waals surface area contributed by atoms with E-state index >= 15 is 0 Å². The van der Waals surface area contributed by atoms with Gasteiger partial charge in [-0.05, 0) is 30.5 Å². The van der Waals surface area contributed by atoms with Gasteiger partial charge in [0.05, 0.1) is 12.7 Å². The smallest absolute Gasteiger partial charge is 0.340 e. The molecule has 1 fully saturated rings. The molecular weight excluding hydrogens is 267 g/mol. The Balaban J connectivity index is 2.07. The van der Waals surface area contributed by atoms with Crippen molar-refractivity contribution in [2.45, 2.75) is 36.7 Å². The van der Waals surface area contributed by atoms with Crippen molar-refractivity contribution < 1.29 is 18.1 Å². The predicted octanol–water partition coefficient (Wildman–Crippen LogP) is 2.80. The molecule has 1 aromatic carbocycles. The third-order valence-electron chi connectivity index (χ3n) is 3.42. The first-order chi connectivity index (χ1) is 9.11. The Bertz CT molecular complexity index is 495. The summed E-state index contributed by atoms with van der Waals surface area (Å²) < 4.78 is 30.3. The standard InChI is InChI=1S/C14H17FO3S/c1-18-14(16)12-7-6-10(8-13(12)15)9-19(17)11-4-2-3-5-11/h6-8,11H,2-5,9H2,1H3. The van der Waals surface area contributed by atoms with Crippen molar-refractivity contribution in [1.29, 1.82) is 0 Å². The Kier molecular flexibility index (Phi) is 4.69. The fraction of sp³-hybridized carbons (Fsp3) is 0.500. The first-order valence-corrected chi connectivity index (χ1v) is 7.74. The van der Waals surface area contributed by atoms with Crippen LogP contribution in [-0.4, -0.2) is 22.5 Å². The lowest BCUT2D eigenvalue weighted by molar-refractivity contribution is 0.0595. The van der Waals surface area contributed by atoms with Gasteiger partial charge in [-0.25, -0.2) is 9.18 Å². The molecule has 1 saturated carbocycles. The SMILES string of the molecule is COC(=O)c1ccc(CS(=O)C2CCCC2)cc1F. The molecule has 0 bridgehead atoms. The zero-order valence-corrected chi connectivity index (χ0v) is 11.7. The molecule has 2 rings (SSSR count). The minimum Gasteiger partial charge on any atom is -0.465 e. The maximum absolute atomic E-state index is 13.7. The highest BCUT2D eigenvalue weighted by Gasteiger charge is 2.22. The van der Waals surface area contributed by atoms with Gasteiger partial charge < -0.3 is 4.74 Å². The number of hydrogen-bond donors (Lipinski definition) is 0. The van der Waals surface area contributed by atoms with Crippen molar-refractivity contribution in [2.24, 2.45) is 0 Å². The molecule has 19 heavy (non-hydrogen) atoms. The predicted molar refractivity (Wildman–Crippen MR) is 71.8 cm³/mol. The van der Waals surface area contributed by atoms with Crippen LogP contribution in [0, 0.1) is 5.82 Å². The topological polar surface area (TPSA) is 43.4 Å². The lowest BCUT2D eigenvalue weighted by Crippen LogP contribution is -2.12. The highest BCUT2D eigenvalue weighted by atomic mass is 32.2. The van der Waals surface area contributed by atoms with Crippen LogP contribution in [0.2, 0.25) is 0 Å². The molecule has 1 aliphatic rings. The van der Waals surface area contributed by atoms with Gasteiger partial charge in [-0.1, -0.05) is 18.9 Å². The molecule has 3 nitrogen and oxygen atoms in total. The van der Waals surface area contributed by atoms with Crippen LogP contribution in [0.15, 0.2) is 18.2 Å². The van der Waals surface area contributed by atoms with Crippen LogP contribution in [0.1, 0.15) is 41.6 Å². The summed E-state index contributed by atoms with van der Waals surface area (Å²) in [6.07, 6.45) is 4.25. The molecule has 1 aromatic rings. The van der Waals surface area contributed by atoms with Crippen LogP contribution in [0.3, 0.4) is 0 Å². The number of esters is 1. The fourth-order valence-electron chi connectivity index (χ4n) is 2.36. The molecule has 1 unspecified atom stereocenters. The van der Waals surface area contributed by atoms with Gasteiger partial charge >= 0.3 is 5.97 Å². The Morgan fingerprint density at radius 2 is 2.11 bits per heavy atom. The van der Waals surface area contributed by atoms with Gasteiger partial charge in [0.15, 0.2) is 0 Å². The van der Waals surface area contributed by atoms with Crippen molar-refractivity contribution in [3.05, 3.63) is 35.1 Å². The average molecular weight is 284 g/mol. The molecule has 1 aliphatic carbocycles. The largest absolute Gasteiger partial charge is 0.465 e. The van der Waals surface area contributed by atoms with Crippen LogP contribution in [0.4, 0.5) is 4.39 Å². The van der Waals surface area contributed by atoms with Crippen LogP contribution in [0.25, 0.3) is 0 Å². The number of rotatable bonds is 4. The first kappa shape index (κ1) is 14.2.